The lowest BCUT2D eigenvalue weighted by atomic mass is 9.99. The van der Waals surface area contributed by atoms with E-state index < -0.39 is 11.5 Å². The second-order valence-corrected chi connectivity index (χ2v) is 5.49. The van der Waals surface area contributed by atoms with Crippen molar-refractivity contribution in [3.8, 4) is 0 Å². The van der Waals surface area contributed by atoms with Crippen LogP contribution in [0.5, 0.6) is 0 Å². The number of carbonyl (C=O) groups is 1. The van der Waals surface area contributed by atoms with Gasteiger partial charge in [-0.2, -0.15) is 0 Å². The van der Waals surface area contributed by atoms with Crippen LogP contribution in [0.2, 0.25) is 0 Å². The van der Waals surface area contributed by atoms with Crippen molar-refractivity contribution in [2.24, 2.45) is 0 Å². The Morgan fingerprint density at radius 3 is 2.29 bits per heavy atom. The van der Waals surface area contributed by atoms with E-state index in [0.717, 1.165) is 12.8 Å². The maximum absolute atomic E-state index is 11.4. The molecule has 2 N–H and O–H groups in total. The summed E-state index contributed by atoms with van der Waals surface area (Å²) in [5, 5.41) is 12.5. The Kier molecular flexibility index (Phi) is 6.72. The number of rotatable bonds is 8. The molecule has 17 heavy (non-hydrogen) atoms. The third-order valence-electron chi connectivity index (χ3n) is 3.10. The standard InChI is InChI=1S/C13H28N2O2/c1-7-8-11(4)15(6)9-13(5,12(16)17)14-10(2)3/h10-11,14H,7-9H2,1-6H3,(H,16,17). The molecule has 0 aliphatic carbocycles. The van der Waals surface area contributed by atoms with Gasteiger partial charge in [-0.05, 0) is 41.2 Å². The molecule has 0 aliphatic heterocycles. The minimum Gasteiger partial charge on any atom is -0.480 e. The molecule has 0 fully saturated rings. The number of nitrogens with zero attached hydrogens (tertiary/aromatic N) is 1. The van der Waals surface area contributed by atoms with E-state index in [1.165, 1.54) is 0 Å². The Hall–Kier alpha value is -0.610. The fourth-order valence-electron chi connectivity index (χ4n) is 2.10. The Morgan fingerprint density at radius 2 is 1.94 bits per heavy atom. The van der Waals surface area contributed by atoms with Gasteiger partial charge in [-0.1, -0.05) is 13.3 Å². The highest BCUT2D eigenvalue weighted by molar-refractivity contribution is 5.78. The van der Waals surface area contributed by atoms with Gasteiger partial charge < -0.3 is 10.0 Å². The first-order valence-corrected chi connectivity index (χ1v) is 6.44. The Bertz CT molecular complexity index is 244. The molecular weight excluding hydrogens is 216 g/mol. The zero-order chi connectivity index (χ0) is 13.6. The summed E-state index contributed by atoms with van der Waals surface area (Å²) in [7, 11) is 1.99. The highest BCUT2D eigenvalue weighted by atomic mass is 16.4. The normalized spacial score (nSPS) is 17.2. The molecule has 4 nitrogen and oxygen atoms in total. The number of hydrogen-bond donors (Lipinski definition) is 2. The quantitative estimate of drug-likeness (QED) is 0.685. The third-order valence-corrected chi connectivity index (χ3v) is 3.10. The molecule has 2 atom stereocenters. The lowest BCUT2D eigenvalue weighted by Crippen LogP contribution is -2.59. The molecule has 0 heterocycles. The van der Waals surface area contributed by atoms with E-state index in [4.69, 9.17) is 0 Å². The summed E-state index contributed by atoms with van der Waals surface area (Å²) < 4.78 is 0. The van der Waals surface area contributed by atoms with Crippen molar-refractivity contribution in [2.75, 3.05) is 13.6 Å². The first-order chi connectivity index (χ1) is 7.73. The summed E-state index contributed by atoms with van der Waals surface area (Å²) in [6.07, 6.45) is 2.21. The zero-order valence-electron chi connectivity index (χ0n) is 12.1. The van der Waals surface area contributed by atoms with Crippen LogP contribution in [0.25, 0.3) is 0 Å². The van der Waals surface area contributed by atoms with Crippen LogP contribution in [0.15, 0.2) is 0 Å². The average Bonchev–Trinajstić information content (AvgIpc) is 2.16. The van der Waals surface area contributed by atoms with E-state index in [-0.39, 0.29) is 6.04 Å². The van der Waals surface area contributed by atoms with Crippen molar-refractivity contribution in [3.63, 3.8) is 0 Å². The molecule has 0 bridgehead atoms. The van der Waals surface area contributed by atoms with Crippen LogP contribution < -0.4 is 5.32 Å². The number of carboxylic acids is 1. The van der Waals surface area contributed by atoms with Crippen LogP contribution in [-0.2, 0) is 4.79 Å². The zero-order valence-corrected chi connectivity index (χ0v) is 12.1. The fourth-order valence-corrected chi connectivity index (χ4v) is 2.10. The molecule has 0 aromatic carbocycles. The summed E-state index contributed by atoms with van der Waals surface area (Å²) in [6, 6.07) is 0.568. The van der Waals surface area contributed by atoms with Gasteiger partial charge in [0, 0.05) is 18.6 Å². The molecule has 102 valence electrons. The van der Waals surface area contributed by atoms with E-state index >= 15 is 0 Å². The first-order valence-electron chi connectivity index (χ1n) is 6.44. The molecule has 0 spiro atoms. The molecule has 4 heteroatoms. The van der Waals surface area contributed by atoms with Crippen LogP contribution in [0, 0.1) is 0 Å². The topological polar surface area (TPSA) is 52.6 Å². The maximum atomic E-state index is 11.4. The largest absolute Gasteiger partial charge is 0.480 e. The van der Waals surface area contributed by atoms with E-state index in [2.05, 4.69) is 24.1 Å². The predicted octanol–water partition coefficient (Wildman–Crippen LogP) is 1.95. The number of aliphatic carboxylic acids is 1. The SMILES string of the molecule is CCCC(C)N(C)CC(C)(NC(C)C)C(=O)O. The van der Waals surface area contributed by atoms with Crippen LogP contribution >= 0.6 is 0 Å². The molecule has 0 radical (unpaired) electrons. The number of nitrogens with one attached hydrogen (secondary N) is 1. The fraction of sp³-hybridized carbons (Fsp3) is 0.923. The second kappa shape index (κ2) is 6.97. The van der Waals surface area contributed by atoms with Gasteiger partial charge in [-0.3, -0.25) is 10.1 Å². The van der Waals surface area contributed by atoms with Crippen LogP contribution in [0.4, 0.5) is 0 Å². The Balaban J connectivity index is 4.59. The summed E-state index contributed by atoms with van der Waals surface area (Å²) in [5.74, 6) is -0.790. The van der Waals surface area contributed by atoms with E-state index in [1.54, 1.807) is 6.92 Å². The molecule has 0 aliphatic rings. The molecule has 0 amide bonds. The van der Waals surface area contributed by atoms with Crippen molar-refractivity contribution in [1.82, 2.24) is 10.2 Å². The summed E-state index contributed by atoms with van der Waals surface area (Å²) >= 11 is 0. The average molecular weight is 244 g/mol. The third kappa shape index (κ3) is 5.50. The van der Waals surface area contributed by atoms with Crippen LogP contribution in [0.1, 0.15) is 47.5 Å². The molecule has 0 rings (SSSR count). The lowest BCUT2D eigenvalue weighted by molar-refractivity contribution is -0.145. The molecule has 2 unspecified atom stereocenters. The van der Waals surface area contributed by atoms with Gasteiger partial charge in [0.2, 0.25) is 0 Å². The monoisotopic (exact) mass is 244 g/mol. The van der Waals surface area contributed by atoms with Crippen molar-refractivity contribution in [2.45, 2.75) is 65.1 Å². The lowest BCUT2D eigenvalue weighted by Gasteiger charge is -2.35. The number of hydrogen-bond acceptors (Lipinski definition) is 3. The van der Waals surface area contributed by atoms with Gasteiger partial charge >= 0.3 is 5.97 Å². The van der Waals surface area contributed by atoms with Gasteiger partial charge in [-0.15, -0.1) is 0 Å². The molecule has 0 saturated heterocycles. The van der Waals surface area contributed by atoms with Gasteiger partial charge in [0.05, 0.1) is 0 Å². The maximum Gasteiger partial charge on any atom is 0.324 e. The minimum absolute atomic E-state index is 0.158. The second-order valence-electron chi connectivity index (χ2n) is 5.49. The van der Waals surface area contributed by atoms with Crippen molar-refractivity contribution in [1.29, 1.82) is 0 Å². The van der Waals surface area contributed by atoms with E-state index in [0.29, 0.717) is 12.6 Å². The van der Waals surface area contributed by atoms with Gasteiger partial charge in [0.25, 0.3) is 0 Å². The van der Waals surface area contributed by atoms with Gasteiger partial charge in [-0.25, -0.2) is 0 Å². The molecular formula is C13H28N2O2. The minimum atomic E-state index is -0.884. The van der Waals surface area contributed by atoms with Crippen molar-refractivity contribution >= 4 is 5.97 Å². The van der Waals surface area contributed by atoms with E-state index in [1.807, 2.05) is 20.9 Å². The van der Waals surface area contributed by atoms with Crippen molar-refractivity contribution < 1.29 is 9.90 Å². The summed E-state index contributed by atoms with van der Waals surface area (Å²) in [4.78, 5) is 13.5. The van der Waals surface area contributed by atoms with Crippen LogP contribution in [-0.4, -0.2) is 47.2 Å². The number of likely N-dealkylation sites (N-methyl/N-ethyl adjacent to an activating group) is 1. The van der Waals surface area contributed by atoms with E-state index in [9.17, 15) is 9.90 Å². The van der Waals surface area contributed by atoms with Gasteiger partial charge in [0.15, 0.2) is 0 Å². The smallest absolute Gasteiger partial charge is 0.324 e. The first kappa shape index (κ1) is 16.4. The highest BCUT2D eigenvalue weighted by Crippen LogP contribution is 2.12. The summed E-state index contributed by atoms with van der Waals surface area (Å²) in [5.41, 5.74) is -0.884. The van der Waals surface area contributed by atoms with Crippen molar-refractivity contribution in [3.05, 3.63) is 0 Å². The number of carboxylic acid groups (broad SMARTS) is 1. The van der Waals surface area contributed by atoms with Gasteiger partial charge in [0.1, 0.15) is 5.54 Å². The summed E-state index contributed by atoms with van der Waals surface area (Å²) in [6.45, 7) is 10.5. The Labute approximate surface area is 105 Å². The molecule has 0 saturated carbocycles. The predicted molar refractivity (Wildman–Crippen MR) is 71.3 cm³/mol. The highest BCUT2D eigenvalue weighted by Gasteiger charge is 2.35. The molecule has 0 aromatic rings. The Morgan fingerprint density at radius 1 is 1.41 bits per heavy atom. The van der Waals surface area contributed by atoms with Crippen LogP contribution in [0.3, 0.4) is 0 Å². The molecule has 0 aromatic heterocycles.